The molecule has 0 heterocycles. The number of benzene rings is 1. The fourth-order valence-corrected chi connectivity index (χ4v) is 1.58. The fourth-order valence-electron chi connectivity index (χ4n) is 1.58. The molecule has 0 aliphatic rings. The molecule has 0 saturated heterocycles. The Morgan fingerprint density at radius 1 is 1.17 bits per heavy atom. The van der Waals surface area contributed by atoms with Crippen molar-refractivity contribution in [2.45, 2.75) is 39.2 Å². The van der Waals surface area contributed by atoms with Gasteiger partial charge in [0.2, 0.25) is 0 Å². The van der Waals surface area contributed by atoms with E-state index in [0.717, 1.165) is 5.56 Å². The molecular weight excluding hydrogens is 334 g/mol. The second-order valence-electron chi connectivity index (χ2n) is 5.33. The van der Waals surface area contributed by atoms with Gasteiger partial charge in [0.1, 0.15) is 18.3 Å². The standard InChI is InChI=1S/C15H21NO3.C2H3ClO2/c1-11(2)13-5-3-12(4-6-13)10-19-15(18)8-7-14(17)9-16;3-1-2(4)5/h3-6,11H,7-10,16H2,1-2H3;1H2,(H,4,5). The molecule has 1 aromatic rings. The van der Waals surface area contributed by atoms with Crippen LogP contribution in [0.1, 0.15) is 43.7 Å². The van der Waals surface area contributed by atoms with Gasteiger partial charge in [0, 0.05) is 6.42 Å². The van der Waals surface area contributed by atoms with Crippen molar-refractivity contribution in [3.8, 4) is 0 Å². The molecule has 3 N–H and O–H groups in total. The molecule has 0 fully saturated rings. The first-order valence-electron chi connectivity index (χ1n) is 7.54. The van der Waals surface area contributed by atoms with Crippen LogP contribution in [0.5, 0.6) is 0 Å². The summed E-state index contributed by atoms with van der Waals surface area (Å²) in [6.45, 7) is 4.48. The minimum absolute atomic E-state index is 0.0239. The van der Waals surface area contributed by atoms with Crippen LogP contribution in [0.25, 0.3) is 0 Å². The van der Waals surface area contributed by atoms with Crippen LogP contribution in [0, 0.1) is 0 Å². The van der Waals surface area contributed by atoms with Crippen LogP contribution < -0.4 is 5.73 Å². The minimum Gasteiger partial charge on any atom is -0.480 e. The molecule has 24 heavy (non-hydrogen) atoms. The second kappa shape index (κ2) is 12.5. The maximum Gasteiger partial charge on any atom is 0.318 e. The minimum atomic E-state index is -0.980. The van der Waals surface area contributed by atoms with E-state index in [2.05, 4.69) is 13.8 Å². The molecule has 0 aromatic heterocycles. The van der Waals surface area contributed by atoms with Gasteiger partial charge >= 0.3 is 11.9 Å². The number of hydrogen-bond acceptors (Lipinski definition) is 5. The van der Waals surface area contributed by atoms with Crippen LogP contribution in [-0.2, 0) is 25.7 Å². The maximum atomic E-state index is 11.4. The van der Waals surface area contributed by atoms with Gasteiger partial charge in [-0.2, -0.15) is 0 Å². The number of hydrogen-bond donors (Lipinski definition) is 2. The summed E-state index contributed by atoms with van der Waals surface area (Å²) in [5.74, 6) is -1.29. The van der Waals surface area contributed by atoms with E-state index in [-0.39, 0.29) is 43.6 Å². The number of rotatable bonds is 8. The van der Waals surface area contributed by atoms with E-state index in [4.69, 9.17) is 27.2 Å². The van der Waals surface area contributed by atoms with Crippen molar-refractivity contribution < 1.29 is 24.2 Å². The maximum absolute atomic E-state index is 11.4. The van der Waals surface area contributed by atoms with Crippen LogP contribution in [0.4, 0.5) is 0 Å². The Hall–Kier alpha value is -1.92. The van der Waals surface area contributed by atoms with Gasteiger partial charge in [-0.25, -0.2) is 0 Å². The molecule has 0 unspecified atom stereocenters. The van der Waals surface area contributed by atoms with E-state index in [1.54, 1.807) is 0 Å². The van der Waals surface area contributed by atoms with Gasteiger partial charge in [-0.3, -0.25) is 14.4 Å². The molecule has 0 atom stereocenters. The molecule has 1 aromatic carbocycles. The number of halogens is 1. The Bertz CT molecular complexity index is 528. The summed E-state index contributed by atoms with van der Waals surface area (Å²) >= 11 is 4.74. The highest BCUT2D eigenvalue weighted by molar-refractivity contribution is 6.26. The summed E-state index contributed by atoms with van der Waals surface area (Å²) < 4.78 is 5.09. The number of esters is 1. The third kappa shape index (κ3) is 10.7. The molecule has 0 bridgehead atoms. The molecule has 0 saturated carbocycles. The van der Waals surface area contributed by atoms with E-state index in [0.29, 0.717) is 5.92 Å². The summed E-state index contributed by atoms with van der Waals surface area (Å²) in [5.41, 5.74) is 7.36. The van der Waals surface area contributed by atoms with Crippen molar-refractivity contribution in [3.63, 3.8) is 0 Å². The predicted octanol–water partition coefficient (Wildman–Crippen LogP) is 2.47. The SMILES string of the molecule is CC(C)c1ccc(COC(=O)CCC(=O)CN)cc1.O=C(O)CCl. The molecule has 6 nitrogen and oxygen atoms in total. The summed E-state index contributed by atoms with van der Waals surface area (Å²) in [7, 11) is 0. The lowest BCUT2D eigenvalue weighted by Crippen LogP contribution is -2.15. The lowest BCUT2D eigenvalue weighted by atomic mass is 10.0. The number of carbonyl (C=O) groups is 3. The van der Waals surface area contributed by atoms with Crippen LogP contribution in [0.3, 0.4) is 0 Å². The molecule has 0 aliphatic carbocycles. The van der Waals surface area contributed by atoms with E-state index >= 15 is 0 Å². The van der Waals surface area contributed by atoms with Crippen molar-refractivity contribution in [1.82, 2.24) is 0 Å². The van der Waals surface area contributed by atoms with Crippen LogP contribution in [0.2, 0.25) is 0 Å². The van der Waals surface area contributed by atoms with E-state index < -0.39 is 5.97 Å². The quantitative estimate of drug-likeness (QED) is 0.546. The predicted molar refractivity (Wildman–Crippen MR) is 92.0 cm³/mol. The van der Waals surface area contributed by atoms with Crippen LogP contribution in [0.15, 0.2) is 24.3 Å². The molecule has 1 rings (SSSR count). The Morgan fingerprint density at radius 3 is 2.12 bits per heavy atom. The zero-order valence-corrected chi connectivity index (χ0v) is 14.7. The van der Waals surface area contributed by atoms with Gasteiger partial charge < -0.3 is 15.6 Å². The normalized spacial score (nSPS) is 9.88. The fraction of sp³-hybridized carbons (Fsp3) is 0.471. The highest BCUT2D eigenvalue weighted by Crippen LogP contribution is 2.15. The number of carbonyl (C=O) groups excluding carboxylic acids is 2. The summed E-state index contributed by atoms with van der Waals surface area (Å²) in [6.07, 6.45) is 0.252. The van der Waals surface area contributed by atoms with Crippen molar-refractivity contribution in [2.75, 3.05) is 12.4 Å². The number of ether oxygens (including phenoxy) is 1. The summed E-state index contributed by atoms with van der Waals surface area (Å²) in [4.78, 5) is 31.6. The number of alkyl halides is 1. The van der Waals surface area contributed by atoms with Crippen LogP contribution >= 0.6 is 11.6 Å². The molecule has 0 amide bonds. The first kappa shape index (κ1) is 22.1. The first-order chi connectivity index (χ1) is 11.3. The Kier molecular flexibility index (Phi) is 11.5. The Balaban J connectivity index is 0.000000922. The topological polar surface area (TPSA) is 107 Å². The van der Waals surface area contributed by atoms with Crippen LogP contribution in [-0.4, -0.2) is 35.3 Å². The zero-order chi connectivity index (χ0) is 18.5. The number of carboxylic acids is 1. The largest absolute Gasteiger partial charge is 0.480 e. The molecule has 7 heteroatoms. The Morgan fingerprint density at radius 2 is 1.71 bits per heavy atom. The van der Waals surface area contributed by atoms with Gasteiger partial charge in [-0.05, 0) is 17.0 Å². The number of nitrogens with two attached hydrogens (primary N) is 1. The lowest BCUT2D eigenvalue weighted by Gasteiger charge is -2.07. The number of Topliss-reactive ketones (excluding diaryl/α,β-unsaturated/α-hetero) is 1. The van der Waals surface area contributed by atoms with Crippen molar-refractivity contribution in [3.05, 3.63) is 35.4 Å². The summed E-state index contributed by atoms with van der Waals surface area (Å²) in [6, 6.07) is 7.97. The lowest BCUT2D eigenvalue weighted by molar-refractivity contribution is -0.146. The highest BCUT2D eigenvalue weighted by atomic mass is 35.5. The zero-order valence-electron chi connectivity index (χ0n) is 14.0. The molecular formula is C17H24ClNO5. The van der Waals surface area contributed by atoms with E-state index in [9.17, 15) is 14.4 Å². The van der Waals surface area contributed by atoms with Gasteiger partial charge in [0.25, 0.3) is 0 Å². The molecule has 0 spiro atoms. The summed E-state index contributed by atoms with van der Waals surface area (Å²) in [5, 5.41) is 7.59. The van der Waals surface area contributed by atoms with E-state index in [1.165, 1.54) is 5.56 Å². The monoisotopic (exact) mass is 357 g/mol. The smallest absolute Gasteiger partial charge is 0.318 e. The average molecular weight is 358 g/mol. The van der Waals surface area contributed by atoms with Crippen molar-refractivity contribution in [1.29, 1.82) is 0 Å². The van der Waals surface area contributed by atoms with Crippen molar-refractivity contribution in [2.24, 2.45) is 5.73 Å². The molecule has 134 valence electrons. The number of aliphatic carboxylic acids is 1. The third-order valence-electron chi connectivity index (χ3n) is 3.00. The van der Waals surface area contributed by atoms with Gasteiger partial charge in [-0.15, -0.1) is 11.6 Å². The second-order valence-corrected chi connectivity index (χ2v) is 5.59. The van der Waals surface area contributed by atoms with E-state index in [1.807, 2.05) is 24.3 Å². The number of carboxylic acid groups (broad SMARTS) is 1. The van der Waals surface area contributed by atoms with Crippen molar-refractivity contribution >= 4 is 29.3 Å². The molecule has 0 aliphatic heterocycles. The average Bonchev–Trinajstić information content (AvgIpc) is 2.58. The van der Waals surface area contributed by atoms with Gasteiger partial charge in [0.05, 0.1) is 13.0 Å². The third-order valence-corrected chi connectivity index (χ3v) is 3.22. The highest BCUT2D eigenvalue weighted by Gasteiger charge is 2.07. The van der Waals surface area contributed by atoms with Gasteiger partial charge in [0.15, 0.2) is 0 Å². The first-order valence-corrected chi connectivity index (χ1v) is 8.07. The number of ketones is 1. The van der Waals surface area contributed by atoms with Gasteiger partial charge in [-0.1, -0.05) is 38.1 Å². The Labute approximate surface area is 146 Å². The molecule has 0 radical (unpaired) electrons.